The number of nitrogen functional groups attached to an aromatic ring is 1. The molecular formula is C17H14N4. The largest absolute Gasteiger partial charge is 0.398 e. The van der Waals surface area contributed by atoms with E-state index in [1.807, 2.05) is 48.5 Å². The number of hydrogen-bond donors (Lipinski definition) is 2. The first-order chi connectivity index (χ1) is 10.3. The van der Waals surface area contributed by atoms with Gasteiger partial charge in [-0.15, -0.1) is 0 Å². The monoisotopic (exact) mass is 274 g/mol. The van der Waals surface area contributed by atoms with E-state index in [1.54, 1.807) is 6.20 Å². The molecule has 0 saturated carbocycles. The van der Waals surface area contributed by atoms with Crippen LogP contribution in [0.4, 0.5) is 17.1 Å². The predicted octanol–water partition coefficient (Wildman–Crippen LogP) is 3.63. The number of benzene rings is 2. The molecule has 0 aliphatic heterocycles. The molecule has 0 saturated heterocycles. The Morgan fingerprint density at radius 2 is 1.90 bits per heavy atom. The van der Waals surface area contributed by atoms with E-state index < -0.39 is 0 Å². The Bertz CT molecular complexity index is 834. The SMILES string of the molecule is N#CCc1cc(Nc2ccc3ncccc3c2)ccc1N. The molecule has 4 nitrogen and oxygen atoms in total. The summed E-state index contributed by atoms with van der Waals surface area (Å²) in [6.07, 6.45) is 2.09. The zero-order chi connectivity index (χ0) is 14.7. The highest BCUT2D eigenvalue weighted by Crippen LogP contribution is 2.24. The molecule has 4 heteroatoms. The van der Waals surface area contributed by atoms with Gasteiger partial charge < -0.3 is 11.1 Å². The fourth-order valence-electron chi connectivity index (χ4n) is 2.24. The van der Waals surface area contributed by atoms with Gasteiger partial charge in [-0.2, -0.15) is 5.26 Å². The highest BCUT2D eigenvalue weighted by Gasteiger charge is 2.02. The second kappa shape index (κ2) is 5.51. The maximum Gasteiger partial charge on any atom is 0.0703 e. The zero-order valence-electron chi connectivity index (χ0n) is 11.4. The highest BCUT2D eigenvalue weighted by atomic mass is 14.9. The summed E-state index contributed by atoms with van der Waals surface area (Å²) in [5.41, 5.74) is 10.2. The van der Waals surface area contributed by atoms with E-state index in [2.05, 4.69) is 16.4 Å². The fraction of sp³-hybridized carbons (Fsp3) is 0.0588. The van der Waals surface area contributed by atoms with Crippen molar-refractivity contribution in [1.82, 2.24) is 4.98 Å². The molecule has 0 amide bonds. The van der Waals surface area contributed by atoms with Crippen LogP contribution in [0.25, 0.3) is 10.9 Å². The van der Waals surface area contributed by atoms with Gasteiger partial charge in [-0.3, -0.25) is 4.98 Å². The number of pyridine rings is 1. The van der Waals surface area contributed by atoms with Crippen LogP contribution in [-0.2, 0) is 6.42 Å². The van der Waals surface area contributed by atoms with Gasteiger partial charge in [-0.05, 0) is 48.0 Å². The van der Waals surface area contributed by atoms with Crippen LogP contribution >= 0.6 is 0 Å². The Balaban J connectivity index is 1.91. The molecule has 0 spiro atoms. The summed E-state index contributed by atoms with van der Waals surface area (Å²) in [6.45, 7) is 0. The molecule has 1 heterocycles. The number of rotatable bonds is 3. The summed E-state index contributed by atoms with van der Waals surface area (Å²) < 4.78 is 0. The number of nitriles is 1. The minimum Gasteiger partial charge on any atom is -0.398 e. The van der Waals surface area contributed by atoms with E-state index in [-0.39, 0.29) is 0 Å². The summed E-state index contributed by atoms with van der Waals surface area (Å²) in [4.78, 5) is 4.30. The molecule has 2 aromatic carbocycles. The lowest BCUT2D eigenvalue weighted by Gasteiger charge is -2.10. The Labute approximate surface area is 122 Å². The average Bonchev–Trinajstić information content (AvgIpc) is 2.51. The van der Waals surface area contributed by atoms with Crippen LogP contribution in [0.1, 0.15) is 5.56 Å². The van der Waals surface area contributed by atoms with Crippen LogP contribution in [0.5, 0.6) is 0 Å². The van der Waals surface area contributed by atoms with Crippen LogP contribution in [0.3, 0.4) is 0 Å². The number of nitrogens with one attached hydrogen (secondary N) is 1. The average molecular weight is 274 g/mol. The smallest absolute Gasteiger partial charge is 0.0703 e. The minimum absolute atomic E-state index is 0.309. The zero-order valence-corrected chi connectivity index (χ0v) is 11.4. The molecule has 102 valence electrons. The van der Waals surface area contributed by atoms with E-state index in [1.165, 1.54) is 0 Å². The molecule has 1 aromatic heterocycles. The Hall–Kier alpha value is -3.06. The van der Waals surface area contributed by atoms with Crippen molar-refractivity contribution in [3.8, 4) is 6.07 Å². The van der Waals surface area contributed by atoms with Crippen LogP contribution in [0.2, 0.25) is 0 Å². The summed E-state index contributed by atoms with van der Waals surface area (Å²) >= 11 is 0. The minimum atomic E-state index is 0.309. The number of nitrogens with two attached hydrogens (primary N) is 1. The van der Waals surface area contributed by atoms with Crippen molar-refractivity contribution >= 4 is 28.0 Å². The van der Waals surface area contributed by atoms with Crippen LogP contribution < -0.4 is 11.1 Å². The van der Waals surface area contributed by atoms with Gasteiger partial charge >= 0.3 is 0 Å². The number of aromatic nitrogens is 1. The second-order valence-electron chi connectivity index (χ2n) is 4.78. The maximum absolute atomic E-state index is 8.81. The molecule has 21 heavy (non-hydrogen) atoms. The number of anilines is 3. The lowest BCUT2D eigenvalue weighted by atomic mass is 10.1. The third kappa shape index (κ3) is 2.77. The predicted molar refractivity (Wildman–Crippen MR) is 85.2 cm³/mol. The molecule has 0 bridgehead atoms. The first-order valence-electron chi connectivity index (χ1n) is 6.63. The van der Waals surface area contributed by atoms with Gasteiger partial charge in [0, 0.05) is 28.6 Å². The molecule has 0 aliphatic carbocycles. The Morgan fingerprint density at radius 1 is 1.10 bits per heavy atom. The second-order valence-corrected chi connectivity index (χ2v) is 4.78. The maximum atomic E-state index is 8.81. The Morgan fingerprint density at radius 3 is 2.76 bits per heavy atom. The standard InChI is InChI=1S/C17H14N4/c18-8-7-12-10-14(3-5-16(12)19)21-15-4-6-17-13(11-15)2-1-9-20-17/h1-6,9-11,21H,7,19H2. The normalized spacial score (nSPS) is 10.2. The molecule has 0 unspecified atom stereocenters. The van der Waals surface area contributed by atoms with Gasteiger partial charge in [-0.1, -0.05) is 6.07 Å². The van der Waals surface area contributed by atoms with Crippen molar-refractivity contribution < 1.29 is 0 Å². The van der Waals surface area contributed by atoms with E-state index in [4.69, 9.17) is 11.0 Å². The van der Waals surface area contributed by atoms with Crippen LogP contribution in [-0.4, -0.2) is 4.98 Å². The van der Waals surface area contributed by atoms with Crippen molar-refractivity contribution in [3.05, 3.63) is 60.3 Å². The topological polar surface area (TPSA) is 74.7 Å². The van der Waals surface area contributed by atoms with Crippen molar-refractivity contribution in [1.29, 1.82) is 5.26 Å². The molecule has 0 fully saturated rings. The van der Waals surface area contributed by atoms with E-state index >= 15 is 0 Å². The molecule has 3 aromatic rings. The van der Waals surface area contributed by atoms with E-state index in [0.717, 1.165) is 27.8 Å². The summed E-state index contributed by atoms with van der Waals surface area (Å²) in [7, 11) is 0. The first-order valence-corrected chi connectivity index (χ1v) is 6.63. The van der Waals surface area contributed by atoms with E-state index in [9.17, 15) is 0 Å². The van der Waals surface area contributed by atoms with Gasteiger partial charge in [0.05, 0.1) is 18.0 Å². The number of fused-ring (bicyclic) bond motifs is 1. The van der Waals surface area contributed by atoms with E-state index in [0.29, 0.717) is 12.1 Å². The fourth-order valence-corrected chi connectivity index (χ4v) is 2.24. The first kappa shape index (κ1) is 12.9. The van der Waals surface area contributed by atoms with Crippen molar-refractivity contribution in [2.45, 2.75) is 6.42 Å². The molecule has 3 rings (SSSR count). The van der Waals surface area contributed by atoms with Crippen molar-refractivity contribution in [2.24, 2.45) is 0 Å². The highest BCUT2D eigenvalue weighted by molar-refractivity contribution is 5.83. The molecule has 0 atom stereocenters. The molecular weight excluding hydrogens is 260 g/mol. The molecule has 0 aliphatic rings. The number of nitrogens with zero attached hydrogens (tertiary/aromatic N) is 2. The van der Waals surface area contributed by atoms with Gasteiger partial charge in [0.2, 0.25) is 0 Å². The Kier molecular flexibility index (Phi) is 3.40. The lowest BCUT2D eigenvalue weighted by molar-refractivity contribution is 1.27. The summed E-state index contributed by atoms with van der Waals surface area (Å²) in [5.74, 6) is 0. The number of hydrogen-bond acceptors (Lipinski definition) is 4. The van der Waals surface area contributed by atoms with Crippen LogP contribution in [0.15, 0.2) is 54.7 Å². The van der Waals surface area contributed by atoms with Gasteiger partial charge in [0.1, 0.15) is 0 Å². The molecule has 0 radical (unpaired) electrons. The van der Waals surface area contributed by atoms with Crippen molar-refractivity contribution in [3.63, 3.8) is 0 Å². The third-order valence-corrected chi connectivity index (χ3v) is 3.30. The van der Waals surface area contributed by atoms with Gasteiger partial charge in [0.15, 0.2) is 0 Å². The quantitative estimate of drug-likeness (QED) is 0.715. The van der Waals surface area contributed by atoms with Gasteiger partial charge in [0.25, 0.3) is 0 Å². The van der Waals surface area contributed by atoms with Crippen LogP contribution in [0, 0.1) is 11.3 Å². The summed E-state index contributed by atoms with van der Waals surface area (Å²) in [6, 6.07) is 17.7. The van der Waals surface area contributed by atoms with Gasteiger partial charge in [-0.25, -0.2) is 0 Å². The molecule has 3 N–H and O–H groups in total. The lowest BCUT2D eigenvalue weighted by Crippen LogP contribution is -1.96. The third-order valence-electron chi connectivity index (χ3n) is 3.30. The summed E-state index contributed by atoms with van der Waals surface area (Å²) in [5, 5.41) is 13.2. The van der Waals surface area contributed by atoms with Crippen molar-refractivity contribution in [2.75, 3.05) is 11.1 Å².